The third kappa shape index (κ3) is 4.82. The van der Waals surface area contributed by atoms with Crippen LogP contribution >= 0.6 is 0 Å². The van der Waals surface area contributed by atoms with Crippen LogP contribution in [-0.4, -0.2) is 28.5 Å². The maximum Gasteiger partial charge on any atom is 0.311 e. The van der Waals surface area contributed by atoms with E-state index in [4.69, 9.17) is 13.9 Å². The number of hydrogen-bond acceptors (Lipinski definition) is 4. The Morgan fingerprint density at radius 3 is 2.00 bits per heavy atom. The van der Waals surface area contributed by atoms with E-state index in [0.29, 0.717) is 0 Å². The summed E-state index contributed by atoms with van der Waals surface area (Å²) >= 11 is 0. The Balaban J connectivity index is 3.18. The summed E-state index contributed by atoms with van der Waals surface area (Å²) in [6, 6.07) is 7.69. The molecule has 1 aromatic rings. The van der Waals surface area contributed by atoms with E-state index in [-0.39, 0.29) is 23.0 Å². The zero-order valence-corrected chi connectivity index (χ0v) is 16.6. The normalized spacial score (nSPS) is 15.0. The maximum atomic E-state index is 12.1. The molecular formula is C18H30O4Si. The smallest absolute Gasteiger partial charge is 0.311 e. The summed E-state index contributed by atoms with van der Waals surface area (Å²) in [5, 5.41) is 0.0631. The molecule has 1 aromatic carbocycles. The molecule has 130 valence electrons. The first-order chi connectivity index (χ1) is 10.5. The summed E-state index contributed by atoms with van der Waals surface area (Å²) in [6.45, 7) is 12.8. The molecule has 0 unspecified atom stereocenters. The Bertz CT molecular complexity index is 517. The highest BCUT2D eigenvalue weighted by molar-refractivity contribution is 6.74. The van der Waals surface area contributed by atoms with Crippen LogP contribution in [0.4, 0.5) is 0 Å². The van der Waals surface area contributed by atoms with Gasteiger partial charge in [-0.25, -0.2) is 0 Å². The van der Waals surface area contributed by atoms with Crippen molar-refractivity contribution in [2.24, 2.45) is 5.92 Å². The molecule has 0 radical (unpaired) electrons. The first-order valence-corrected chi connectivity index (χ1v) is 10.8. The lowest BCUT2D eigenvalue weighted by atomic mass is 9.97. The molecule has 0 N–H and O–H groups in total. The number of rotatable bonds is 6. The molecule has 0 aromatic heterocycles. The van der Waals surface area contributed by atoms with Crippen LogP contribution in [0.5, 0.6) is 5.75 Å². The van der Waals surface area contributed by atoms with Gasteiger partial charge in [-0.05, 0) is 42.8 Å². The van der Waals surface area contributed by atoms with Gasteiger partial charge in [0.15, 0.2) is 8.32 Å². The van der Waals surface area contributed by atoms with E-state index in [1.807, 2.05) is 31.2 Å². The monoisotopic (exact) mass is 338 g/mol. The fourth-order valence-corrected chi connectivity index (χ4v) is 3.38. The minimum atomic E-state index is -2.03. The molecule has 0 fully saturated rings. The summed E-state index contributed by atoms with van der Waals surface area (Å²) in [5.74, 6) is 0.151. The molecule has 5 heteroatoms. The van der Waals surface area contributed by atoms with Crippen molar-refractivity contribution in [3.05, 3.63) is 29.8 Å². The molecule has 0 spiro atoms. The lowest BCUT2D eigenvalue weighted by molar-refractivity contribution is -0.148. The highest BCUT2D eigenvalue weighted by atomic mass is 28.4. The van der Waals surface area contributed by atoms with Crippen molar-refractivity contribution >= 4 is 14.3 Å². The zero-order chi connectivity index (χ0) is 17.8. The number of carbonyl (C=O) groups excluding carboxylic acids is 1. The SMILES string of the molecule is COC(=O)[C@H](C)[C@@H](O[Si](C)(C)C(C)(C)C)c1ccc(OC)cc1. The molecule has 1 rings (SSSR count). The van der Waals surface area contributed by atoms with Gasteiger partial charge in [-0.1, -0.05) is 32.9 Å². The molecule has 4 nitrogen and oxygen atoms in total. The summed E-state index contributed by atoms with van der Waals surface area (Å²) < 4.78 is 16.7. The molecule has 0 aliphatic rings. The molecule has 0 aliphatic heterocycles. The Labute approximate surface area is 141 Å². The number of carbonyl (C=O) groups is 1. The van der Waals surface area contributed by atoms with Gasteiger partial charge in [0, 0.05) is 0 Å². The number of benzene rings is 1. The highest BCUT2D eigenvalue weighted by Gasteiger charge is 2.41. The van der Waals surface area contributed by atoms with E-state index < -0.39 is 8.32 Å². The maximum absolute atomic E-state index is 12.1. The number of ether oxygens (including phenoxy) is 2. The lowest BCUT2D eigenvalue weighted by Crippen LogP contribution is -2.43. The minimum Gasteiger partial charge on any atom is -0.497 e. The van der Waals surface area contributed by atoms with Crippen molar-refractivity contribution in [3.8, 4) is 5.75 Å². The minimum absolute atomic E-state index is 0.0631. The molecule has 0 amide bonds. The van der Waals surface area contributed by atoms with Crippen LogP contribution in [0.2, 0.25) is 18.1 Å². The largest absolute Gasteiger partial charge is 0.497 e. The van der Waals surface area contributed by atoms with E-state index in [2.05, 4.69) is 33.9 Å². The van der Waals surface area contributed by atoms with E-state index in [9.17, 15) is 4.79 Å². The summed E-state index contributed by atoms with van der Waals surface area (Å²) in [4.78, 5) is 12.1. The second-order valence-corrected chi connectivity index (χ2v) is 12.1. The van der Waals surface area contributed by atoms with Crippen molar-refractivity contribution < 1.29 is 18.7 Å². The van der Waals surface area contributed by atoms with Crippen LogP contribution in [0.25, 0.3) is 0 Å². The van der Waals surface area contributed by atoms with Gasteiger partial charge in [0.05, 0.1) is 26.2 Å². The van der Waals surface area contributed by atoms with Crippen LogP contribution in [0.15, 0.2) is 24.3 Å². The zero-order valence-electron chi connectivity index (χ0n) is 15.6. The average molecular weight is 339 g/mol. The first-order valence-electron chi connectivity index (χ1n) is 7.93. The third-order valence-corrected chi connectivity index (χ3v) is 9.15. The van der Waals surface area contributed by atoms with Gasteiger partial charge < -0.3 is 13.9 Å². The summed E-state index contributed by atoms with van der Waals surface area (Å²) in [5.41, 5.74) is 0.966. The van der Waals surface area contributed by atoms with Crippen molar-refractivity contribution in [3.63, 3.8) is 0 Å². The van der Waals surface area contributed by atoms with Crippen LogP contribution in [-0.2, 0) is 14.0 Å². The van der Waals surface area contributed by atoms with E-state index in [0.717, 1.165) is 11.3 Å². The quantitative estimate of drug-likeness (QED) is 0.563. The molecule has 0 bridgehead atoms. The van der Waals surface area contributed by atoms with Crippen molar-refractivity contribution in [1.82, 2.24) is 0 Å². The molecule has 2 atom stereocenters. The topological polar surface area (TPSA) is 44.8 Å². The predicted octanol–water partition coefficient (Wildman–Crippen LogP) is 4.57. The molecule has 0 heterocycles. The molecule has 23 heavy (non-hydrogen) atoms. The Kier molecular flexibility index (Phi) is 6.42. The molecule has 0 aliphatic carbocycles. The van der Waals surface area contributed by atoms with Gasteiger partial charge in [-0.3, -0.25) is 4.79 Å². The standard InChI is InChI=1S/C18H30O4Si/c1-13(17(19)21-6)16(22-23(7,8)18(2,3)4)14-9-11-15(20-5)12-10-14/h9-13,16H,1-8H3/t13-,16-/m1/s1. The molecule has 0 saturated heterocycles. The second-order valence-electron chi connectivity index (χ2n) is 7.38. The van der Waals surface area contributed by atoms with Crippen molar-refractivity contribution in [2.75, 3.05) is 14.2 Å². The second kappa shape index (κ2) is 7.49. The fourth-order valence-electron chi connectivity index (χ4n) is 2.06. The third-order valence-electron chi connectivity index (χ3n) is 4.70. The van der Waals surface area contributed by atoms with Crippen LogP contribution in [0, 0.1) is 5.92 Å². The van der Waals surface area contributed by atoms with E-state index in [1.165, 1.54) is 7.11 Å². The number of hydrogen-bond donors (Lipinski definition) is 0. The van der Waals surface area contributed by atoms with Crippen LogP contribution in [0.1, 0.15) is 39.4 Å². The first kappa shape index (κ1) is 19.7. The average Bonchev–Trinajstić information content (AvgIpc) is 2.50. The van der Waals surface area contributed by atoms with Gasteiger partial charge in [0.25, 0.3) is 0 Å². The van der Waals surface area contributed by atoms with Gasteiger partial charge in [-0.15, -0.1) is 0 Å². The molecular weight excluding hydrogens is 308 g/mol. The van der Waals surface area contributed by atoms with E-state index >= 15 is 0 Å². The van der Waals surface area contributed by atoms with Crippen molar-refractivity contribution in [1.29, 1.82) is 0 Å². The summed E-state index contributed by atoms with van der Waals surface area (Å²) in [6.07, 6.45) is -0.325. The number of esters is 1. The fraction of sp³-hybridized carbons (Fsp3) is 0.611. The van der Waals surface area contributed by atoms with Crippen LogP contribution < -0.4 is 4.74 Å². The van der Waals surface area contributed by atoms with Crippen LogP contribution in [0.3, 0.4) is 0 Å². The predicted molar refractivity (Wildman–Crippen MR) is 95.2 cm³/mol. The lowest BCUT2D eigenvalue weighted by Gasteiger charge is -2.40. The van der Waals surface area contributed by atoms with Gasteiger partial charge in [-0.2, -0.15) is 0 Å². The summed E-state index contributed by atoms with van der Waals surface area (Å²) in [7, 11) is 1.01. The molecule has 0 saturated carbocycles. The Morgan fingerprint density at radius 2 is 1.61 bits per heavy atom. The Morgan fingerprint density at radius 1 is 1.09 bits per heavy atom. The van der Waals surface area contributed by atoms with Gasteiger partial charge in [0.2, 0.25) is 0 Å². The van der Waals surface area contributed by atoms with E-state index in [1.54, 1.807) is 7.11 Å². The van der Waals surface area contributed by atoms with Gasteiger partial charge in [0.1, 0.15) is 5.75 Å². The Hall–Kier alpha value is -1.33. The number of methoxy groups -OCH3 is 2. The van der Waals surface area contributed by atoms with Crippen molar-refractivity contribution in [2.45, 2.75) is 51.9 Å². The van der Waals surface area contributed by atoms with Gasteiger partial charge >= 0.3 is 5.97 Å². The highest BCUT2D eigenvalue weighted by Crippen LogP contribution is 2.42.